The van der Waals surface area contributed by atoms with Crippen LogP contribution in [0.15, 0.2) is 42.5 Å². The summed E-state index contributed by atoms with van der Waals surface area (Å²) < 4.78 is 24.6. The molecule has 0 saturated heterocycles. The Bertz CT molecular complexity index is 925. The normalized spacial score (nSPS) is 16.9. The van der Waals surface area contributed by atoms with Crippen molar-refractivity contribution in [1.29, 1.82) is 0 Å². The lowest BCUT2D eigenvalue weighted by Gasteiger charge is -2.28. The van der Waals surface area contributed by atoms with Crippen LogP contribution in [0.2, 0.25) is 5.02 Å². The second kappa shape index (κ2) is 8.41. The molecular formula is C22H23ClFNO4. The van der Waals surface area contributed by atoms with Crippen LogP contribution < -0.4 is 10.1 Å². The number of aryl methyl sites for hydroxylation is 1. The molecule has 2 atom stereocenters. The summed E-state index contributed by atoms with van der Waals surface area (Å²) >= 11 is 6.25. The van der Waals surface area contributed by atoms with E-state index in [1.807, 2.05) is 20.8 Å². The molecule has 1 N–H and O–H groups in total. The maximum atomic E-state index is 13.4. The molecule has 1 amide bonds. The van der Waals surface area contributed by atoms with Gasteiger partial charge in [-0.15, -0.1) is 0 Å². The summed E-state index contributed by atoms with van der Waals surface area (Å²) in [5.41, 5.74) is 0.567. The van der Waals surface area contributed by atoms with Crippen LogP contribution in [-0.4, -0.2) is 23.5 Å². The molecule has 1 aliphatic rings. The zero-order valence-corrected chi connectivity index (χ0v) is 17.3. The van der Waals surface area contributed by atoms with Crippen LogP contribution in [0.5, 0.6) is 5.75 Å². The van der Waals surface area contributed by atoms with Crippen molar-refractivity contribution in [2.24, 2.45) is 0 Å². The number of ether oxygens (including phenoxy) is 2. The van der Waals surface area contributed by atoms with Crippen molar-refractivity contribution in [2.75, 3.05) is 0 Å². The number of fused-ring (bicyclic) bond motifs is 1. The van der Waals surface area contributed by atoms with E-state index in [-0.39, 0.29) is 5.82 Å². The van der Waals surface area contributed by atoms with Crippen molar-refractivity contribution in [2.45, 2.75) is 51.4 Å². The zero-order chi connectivity index (χ0) is 21.2. The molecule has 29 heavy (non-hydrogen) atoms. The van der Waals surface area contributed by atoms with Crippen LogP contribution in [0.4, 0.5) is 4.39 Å². The molecule has 0 fully saturated rings. The number of hydrogen-bond donors (Lipinski definition) is 1. The van der Waals surface area contributed by atoms with E-state index in [1.54, 1.807) is 24.3 Å². The molecule has 0 spiro atoms. The summed E-state index contributed by atoms with van der Waals surface area (Å²) in [4.78, 5) is 25.6. The van der Waals surface area contributed by atoms with Gasteiger partial charge >= 0.3 is 5.97 Å². The molecule has 0 bridgehead atoms. The first kappa shape index (κ1) is 21.1. The maximum absolute atomic E-state index is 13.4. The number of amides is 1. The molecule has 0 aromatic heterocycles. The van der Waals surface area contributed by atoms with E-state index in [1.165, 1.54) is 18.2 Å². The molecule has 0 radical (unpaired) electrons. The van der Waals surface area contributed by atoms with Crippen LogP contribution in [0.25, 0.3) is 0 Å². The molecule has 7 heteroatoms. The highest BCUT2D eigenvalue weighted by molar-refractivity contribution is 6.31. The molecule has 0 saturated carbocycles. The summed E-state index contributed by atoms with van der Waals surface area (Å²) in [5, 5.41) is 3.14. The highest BCUT2D eigenvalue weighted by Gasteiger charge is 2.34. The van der Waals surface area contributed by atoms with E-state index >= 15 is 0 Å². The molecule has 1 heterocycles. The number of esters is 1. The first-order valence-corrected chi connectivity index (χ1v) is 9.74. The second-order valence-corrected chi connectivity index (χ2v) is 8.38. The first-order valence-electron chi connectivity index (χ1n) is 9.36. The third kappa shape index (κ3) is 5.26. The van der Waals surface area contributed by atoms with Gasteiger partial charge < -0.3 is 14.8 Å². The quantitative estimate of drug-likeness (QED) is 0.747. The third-order valence-electron chi connectivity index (χ3n) is 4.39. The molecule has 3 rings (SSSR count). The van der Waals surface area contributed by atoms with Crippen molar-refractivity contribution >= 4 is 23.5 Å². The van der Waals surface area contributed by atoms with Gasteiger partial charge in [-0.3, -0.25) is 4.79 Å². The number of rotatable bonds is 4. The van der Waals surface area contributed by atoms with Gasteiger partial charge in [0.15, 0.2) is 6.10 Å². The second-order valence-electron chi connectivity index (χ2n) is 7.97. The van der Waals surface area contributed by atoms with Crippen molar-refractivity contribution in [1.82, 2.24) is 5.32 Å². The standard InChI is InChI=1S/C22H23ClFNO4/c1-22(2,3)25-20(26)19(15-6-4-5-7-16(15)23)29-21(27)18-10-8-13-12-14(24)9-11-17(13)28-18/h4-7,9,11-12,18-19H,8,10H2,1-3H3,(H,25,26). The number of nitrogens with one attached hydrogen (secondary N) is 1. The van der Waals surface area contributed by atoms with Gasteiger partial charge in [0.05, 0.1) is 0 Å². The predicted molar refractivity (Wildman–Crippen MR) is 107 cm³/mol. The lowest BCUT2D eigenvalue weighted by Crippen LogP contribution is -2.45. The predicted octanol–water partition coefficient (Wildman–Crippen LogP) is 4.37. The fourth-order valence-electron chi connectivity index (χ4n) is 3.10. The largest absolute Gasteiger partial charge is 0.478 e. The van der Waals surface area contributed by atoms with E-state index in [0.29, 0.717) is 34.7 Å². The molecule has 154 valence electrons. The summed E-state index contributed by atoms with van der Waals surface area (Å²) in [6.07, 6.45) is -1.31. The Morgan fingerprint density at radius 3 is 2.66 bits per heavy atom. The summed E-state index contributed by atoms with van der Waals surface area (Å²) in [6, 6.07) is 10.9. The maximum Gasteiger partial charge on any atom is 0.348 e. The van der Waals surface area contributed by atoms with Gasteiger partial charge in [0.1, 0.15) is 11.6 Å². The first-order chi connectivity index (χ1) is 13.6. The van der Waals surface area contributed by atoms with Gasteiger partial charge in [-0.05, 0) is 63.4 Å². The molecule has 2 aromatic rings. The van der Waals surface area contributed by atoms with Gasteiger partial charge in [0.2, 0.25) is 6.10 Å². The van der Waals surface area contributed by atoms with Crippen LogP contribution >= 0.6 is 11.6 Å². The molecule has 2 aromatic carbocycles. The number of hydrogen-bond acceptors (Lipinski definition) is 4. The average molecular weight is 420 g/mol. The molecule has 1 aliphatic heterocycles. The zero-order valence-electron chi connectivity index (χ0n) is 16.5. The Kier molecular flexibility index (Phi) is 6.13. The number of benzene rings is 2. The number of carbonyl (C=O) groups is 2. The van der Waals surface area contributed by atoms with E-state index in [2.05, 4.69) is 5.32 Å². The minimum absolute atomic E-state index is 0.319. The average Bonchev–Trinajstić information content (AvgIpc) is 2.64. The van der Waals surface area contributed by atoms with Gasteiger partial charge in [-0.25, -0.2) is 9.18 Å². The van der Waals surface area contributed by atoms with Gasteiger partial charge in [-0.1, -0.05) is 29.8 Å². The highest BCUT2D eigenvalue weighted by Crippen LogP contribution is 2.31. The minimum atomic E-state index is -1.21. The lowest BCUT2D eigenvalue weighted by atomic mass is 10.0. The molecular weight excluding hydrogens is 397 g/mol. The van der Waals surface area contributed by atoms with Crippen molar-refractivity contribution in [3.05, 3.63) is 64.4 Å². The number of halogens is 2. The Morgan fingerprint density at radius 1 is 1.24 bits per heavy atom. The highest BCUT2D eigenvalue weighted by atomic mass is 35.5. The van der Waals surface area contributed by atoms with Gasteiger partial charge in [-0.2, -0.15) is 0 Å². The van der Waals surface area contributed by atoms with E-state index in [0.717, 1.165) is 0 Å². The van der Waals surface area contributed by atoms with E-state index < -0.39 is 29.6 Å². The number of carbonyl (C=O) groups excluding carboxylic acids is 2. The van der Waals surface area contributed by atoms with Crippen LogP contribution in [0.3, 0.4) is 0 Å². The smallest absolute Gasteiger partial charge is 0.348 e. The fraction of sp³-hybridized carbons (Fsp3) is 0.364. The van der Waals surface area contributed by atoms with Crippen LogP contribution in [0.1, 0.15) is 44.4 Å². The molecule has 5 nitrogen and oxygen atoms in total. The van der Waals surface area contributed by atoms with E-state index in [4.69, 9.17) is 21.1 Å². The van der Waals surface area contributed by atoms with Gasteiger partial charge in [0.25, 0.3) is 5.91 Å². The van der Waals surface area contributed by atoms with Crippen molar-refractivity contribution < 1.29 is 23.5 Å². The Labute approximate surface area is 174 Å². The lowest BCUT2D eigenvalue weighted by molar-refractivity contribution is -0.164. The van der Waals surface area contributed by atoms with Crippen LogP contribution in [-0.2, 0) is 20.7 Å². The monoisotopic (exact) mass is 419 g/mol. The SMILES string of the molecule is CC(C)(C)NC(=O)C(OC(=O)C1CCc2cc(F)ccc2O1)c1ccccc1Cl. The topological polar surface area (TPSA) is 64.6 Å². The summed E-state index contributed by atoms with van der Waals surface area (Å²) in [6.45, 7) is 5.49. The summed E-state index contributed by atoms with van der Waals surface area (Å²) in [7, 11) is 0. The Balaban J connectivity index is 1.80. The minimum Gasteiger partial charge on any atom is -0.478 e. The molecule has 0 aliphatic carbocycles. The third-order valence-corrected chi connectivity index (χ3v) is 4.73. The molecule has 2 unspecified atom stereocenters. The Hall–Kier alpha value is -2.60. The van der Waals surface area contributed by atoms with Gasteiger partial charge in [0, 0.05) is 16.1 Å². The van der Waals surface area contributed by atoms with Crippen LogP contribution in [0, 0.1) is 5.82 Å². The summed E-state index contributed by atoms with van der Waals surface area (Å²) in [5.74, 6) is -1.06. The fourth-order valence-corrected chi connectivity index (χ4v) is 3.33. The van der Waals surface area contributed by atoms with Crippen molar-refractivity contribution in [3.8, 4) is 5.75 Å². The van der Waals surface area contributed by atoms with Crippen molar-refractivity contribution in [3.63, 3.8) is 0 Å². The van der Waals surface area contributed by atoms with E-state index in [9.17, 15) is 14.0 Å². The Morgan fingerprint density at radius 2 is 1.97 bits per heavy atom.